The molecule has 64 heavy (non-hydrogen) atoms. The number of ether oxygens (including phenoxy) is 2. The van der Waals surface area contributed by atoms with Crippen molar-refractivity contribution in [3.05, 3.63) is 85.1 Å². The highest BCUT2D eigenvalue weighted by Gasteiger charge is 2.26. The number of carbonyl (C=O) groups is 1. The van der Waals surface area contributed by atoms with E-state index in [0.29, 0.717) is 13.0 Å². The highest BCUT2D eigenvalue weighted by atomic mass is 31.2. The van der Waals surface area contributed by atoms with E-state index in [1.54, 1.807) is 0 Å². The van der Waals surface area contributed by atoms with Crippen LogP contribution in [0.3, 0.4) is 0 Å². The molecule has 0 radical (unpaired) electrons. The van der Waals surface area contributed by atoms with Crippen LogP contribution in [0.2, 0.25) is 0 Å². The van der Waals surface area contributed by atoms with Crippen LogP contribution in [-0.2, 0) is 27.9 Å². The Morgan fingerprint density at radius 2 is 0.891 bits per heavy atom. The van der Waals surface area contributed by atoms with Crippen molar-refractivity contribution in [2.24, 2.45) is 0 Å². The van der Waals surface area contributed by atoms with E-state index in [1.165, 1.54) is 89.9 Å². The maximum absolute atomic E-state index is 12.7. The molecule has 0 spiro atoms. The summed E-state index contributed by atoms with van der Waals surface area (Å²) in [6.45, 7) is 3.36. The molecule has 3 atom stereocenters. The summed E-state index contributed by atoms with van der Waals surface area (Å²) in [6.07, 6.45) is 62.6. The van der Waals surface area contributed by atoms with Crippen molar-refractivity contribution in [1.29, 1.82) is 0 Å². The Bertz CT molecular complexity index is 1270. The average molecular weight is 919 g/mol. The second-order valence-corrected chi connectivity index (χ2v) is 18.3. The van der Waals surface area contributed by atoms with Gasteiger partial charge in [0.15, 0.2) is 0 Å². The third kappa shape index (κ3) is 49.1. The fourth-order valence-corrected chi connectivity index (χ4v) is 7.50. The molecular formula is C54H95O9P. The molecule has 0 aliphatic carbocycles. The lowest BCUT2D eigenvalue weighted by Gasteiger charge is -2.20. The van der Waals surface area contributed by atoms with Crippen LogP contribution in [0.4, 0.5) is 0 Å². The van der Waals surface area contributed by atoms with E-state index in [1.807, 2.05) is 0 Å². The van der Waals surface area contributed by atoms with E-state index in [9.17, 15) is 19.4 Å². The Labute approximate surface area is 392 Å². The first-order valence-corrected chi connectivity index (χ1v) is 27.1. The van der Waals surface area contributed by atoms with Crippen LogP contribution < -0.4 is 0 Å². The van der Waals surface area contributed by atoms with Crippen LogP contribution in [0.15, 0.2) is 85.1 Å². The topological polar surface area (TPSA) is 132 Å². The molecule has 3 N–H and O–H groups in total. The fraction of sp³-hybridized carbons (Fsp3) is 0.722. The third-order valence-corrected chi connectivity index (χ3v) is 11.5. The van der Waals surface area contributed by atoms with Crippen LogP contribution in [0.25, 0.3) is 0 Å². The second-order valence-electron chi connectivity index (χ2n) is 16.8. The third-order valence-electron chi connectivity index (χ3n) is 10.6. The number of aliphatic hydroxyl groups excluding tert-OH is 2. The molecular weight excluding hydrogens is 824 g/mol. The van der Waals surface area contributed by atoms with Crippen molar-refractivity contribution in [2.45, 2.75) is 219 Å². The lowest BCUT2D eigenvalue weighted by molar-refractivity contribution is -0.154. The number of phosphoric ester groups is 1. The maximum Gasteiger partial charge on any atom is 0.472 e. The van der Waals surface area contributed by atoms with E-state index in [4.69, 9.17) is 23.6 Å². The Hall–Kier alpha value is -2.36. The summed E-state index contributed by atoms with van der Waals surface area (Å²) in [5, 5.41) is 18.4. The average Bonchev–Trinajstić information content (AvgIpc) is 3.29. The van der Waals surface area contributed by atoms with Gasteiger partial charge in [-0.2, -0.15) is 0 Å². The first kappa shape index (κ1) is 61.6. The van der Waals surface area contributed by atoms with Gasteiger partial charge in [-0.05, 0) is 89.9 Å². The van der Waals surface area contributed by atoms with Crippen LogP contribution in [-0.4, -0.2) is 66.3 Å². The van der Waals surface area contributed by atoms with Gasteiger partial charge in [-0.1, -0.05) is 195 Å². The highest BCUT2D eigenvalue weighted by Crippen LogP contribution is 2.43. The molecule has 0 aliphatic rings. The largest absolute Gasteiger partial charge is 0.472 e. The Morgan fingerprint density at radius 1 is 0.500 bits per heavy atom. The number of allylic oxidation sites excluding steroid dienone is 14. The minimum atomic E-state index is -4.54. The monoisotopic (exact) mass is 919 g/mol. The van der Waals surface area contributed by atoms with Crippen molar-refractivity contribution in [1.82, 2.24) is 0 Å². The van der Waals surface area contributed by atoms with Crippen molar-refractivity contribution in [2.75, 3.05) is 33.0 Å². The quantitative estimate of drug-likeness (QED) is 0.0236. The van der Waals surface area contributed by atoms with Gasteiger partial charge >= 0.3 is 13.8 Å². The summed E-state index contributed by atoms with van der Waals surface area (Å²) in [5.74, 6) is -0.397. The van der Waals surface area contributed by atoms with Gasteiger partial charge in [-0.3, -0.25) is 13.8 Å². The van der Waals surface area contributed by atoms with Crippen molar-refractivity contribution in [3.8, 4) is 0 Å². The van der Waals surface area contributed by atoms with Gasteiger partial charge in [0.1, 0.15) is 12.2 Å². The lowest BCUT2D eigenvalue weighted by atomic mass is 10.1. The summed E-state index contributed by atoms with van der Waals surface area (Å²) in [4.78, 5) is 22.7. The zero-order valence-electron chi connectivity index (χ0n) is 40.7. The molecule has 0 aromatic carbocycles. The van der Waals surface area contributed by atoms with Crippen molar-refractivity contribution < 1.29 is 43.0 Å². The SMILES string of the molecule is CC/C=C\C/C=C\C/C=C\C/C=C\CCCCCCCCCCC(=O)OC(COCCCCCCCCC/C=C\C/C=C\C/C=C\CCCCCCC)COP(=O)(O)OCC(O)CO. The minimum Gasteiger partial charge on any atom is -0.457 e. The maximum atomic E-state index is 12.7. The Balaban J connectivity index is 4.14. The molecule has 0 aromatic heterocycles. The number of phosphoric acid groups is 1. The number of hydrogen-bond acceptors (Lipinski definition) is 8. The van der Waals surface area contributed by atoms with Crippen molar-refractivity contribution in [3.63, 3.8) is 0 Å². The van der Waals surface area contributed by atoms with Gasteiger partial charge in [-0.15, -0.1) is 0 Å². The number of aliphatic hydroxyl groups is 2. The molecule has 0 aromatic rings. The number of carbonyl (C=O) groups excluding carboxylic acids is 1. The highest BCUT2D eigenvalue weighted by molar-refractivity contribution is 7.47. The van der Waals surface area contributed by atoms with Crippen LogP contribution >= 0.6 is 7.82 Å². The first-order chi connectivity index (χ1) is 31.3. The number of unbranched alkanes of at least 4 members (excludes halogenated alkanes) is 20. The standard InChI is InChI=1S/C54H95O9P/c1-3-5-7-9-11-13-15-17-19-21-23-25-27-29-31-33-35-37-39-41-43-45-47-60-50-53(51-62-64(58,59)61-49-52(56)48-55)63-54(57)46-44-42-40-38-36-34-32-30-28-26-24-22-20-18-16-14-12-10-8-6-4-2/h6,8,12,14-15,17-18,20-21,23-24,26-27,29,52-53,55-56H,3-5,7,9-11,13,16,19,22,25,28,30-51H2,1-2H3,(H,58,59)/b8-6-,14-12-,17-15-,20-18-,23-21-,26-24-,29-27-. The second kappa shape index (κ2) is 50.1. The van der Waals surface area contributed by atoms with Crippen LogP contribution in [0, 0.1) is 0 Å². The summed E-state index contributed by atoms with van der Waals surface area (Å²) >= 11 is 0. The Morgan fingerprint density at radius 3 is 1.34 bits per heavy atom. The number of esters is 1. The van der Waals surface area contributed by atoms with Gasteiger partial charge in [0, 0.05) is 13.0 Å². The predicted molar refractivity (Wildman–Crippen MR) is 269 cm³/mol. The fourth-order valence-electron chi connectivity index (χ4n) is 6.71. The zero-order valence-corrected chi connectivity index (χ0v) is 41.6. The van der Waals surface area contributed by atoms with Gasteiger partial charge < -0.3 is 24.6 Å². The van der Waals surface area contributed by atoms with Crippen LogP contribution in [0.1, 0.15) is 206 Å². The molecule has 370 valence electrons. The van der Waals surface area contributed by atoms with E-state index in [-0.39, 0.29) is 19.6 Å². The summed E-state index contributed by atoms with van der Waals surface area (Å²) in [5.41, 5.74) is 0. The van der Waals surface area contributed by atoms with E-state index >= 15 is 0 Å². The van der Waals surface area contributed by atoms with Crippen LogP contribution in [0.5, 0.6) is 0 Å². The molecule has 0 fully saturated rings. The summed E-state index contributed by atoms with van der Waals surface area (Å²) < 4.78 is 33.5. The van der Waals surface area contributed by atoms with Gasteiger partial charge in [-0.25, -0.2) is 4.57 Å². The molecule has 0 aliphatic heterocycles. The molecule has 0 bridgehead atoms. The molecule has 0 saturated heterocycles. The number of rotatable bonds is 48. The van der Waals surface area contributed by atoms with Crippen molar-refractivity contribution >= 4 is 13.8 Å². The van der Waals surface area contributed by atoms with Gasteiger partial charge in [0.05, 0.1) is 26.4 Å². The van der Waals surface area contributed by atoms with E-state index in [2.05, 4.69) is 98.9 Å². The molecule has 0 heterocycles. The lowest BCUT2D eigenvalue weighted by Crippen LogP contribution is -2.29. The molecule has 0 amide bonds. The normalized spacial score (nSPS) is 14.5. The van der Waals surface area contributed by atoms with E-state index < -0.39 is 39.2 Å². The smallest absolute Gasteiger partial charge is 0.457 e. The minimum absolute atomic E-state index is 0.0346. The first-order valence-electron chi connectivity index (χ1n) is 25.6. The molecule has 0 saturated carbocycles. The number of hydrogen-bond donors (Lipinski definition) is 3. The predicted octanol–water partition coefficient (Wildman–Crippen LogP) is 15.0. The Kier molecular flexibility index (Phi) is 48.2. The van der Waals surface area contributed by atoms with Gasteiger partial charge in [0.25, 0.3) is 0 Å². The molecule has 10 heteroatoms. The molecule has 9 nitrogen and oxygen atoms in total. The van der Waals surface area contributed by atoms with E-state index in [0.717, 1.165) is 89.9 Å². The van der Waals surface area contributed by atoms with Gasteiger partial charge in [0.2, 0.25) is 0 Å². The summed E-state index contributed by atoms with van der Waals surface area (Å²) in [6, 6.07) is 0. The molecule has 0 rings (SSSR count). The zero-order chi connectivity index (χ0) is 46.7. The summed E-state index contributed by atoms with van der Waals surface area (Å²) in [7, 11) is -4.54. The molecule has 3 unspecified atom stereocenters.